The summed E-state index contributed by atoms with van der Waals surface area (Å²) in [7, 11) is 0. The minimum absolute atomic E-state index is 0.230. The number of carbonyl (C=O) groups is 1. The fraction of sp³-hybridized carbons (Fsp3) is 0.312. The van der Waals surface area contributed by atoms with Crippen LogP contribution in [0.4, 0.5) is 0 Å². The molecule has 4 nitrogen and oxygen atoms in total. The predicted octanol–water partition coefficient (Wildman–Crippen LogP) is 3.10. The molecule has 0 aliphatic rings. The van der Waals surface area contributed by atoms with Crippen LogP contribution in [0.25, 0.3) is 0 Å². The topological polar surface area (TPSA) is 65.8 Å². The van der Waals surface area contributed by atoms with Gasteiger partial charge in [-0.15, -0.1) is 11.3 Å². The number of hydrogen-bond donors (Lipinski definition) is 1. The number of nitrogens with zero attached hydrogens (tertiary/aromatic N) is 2. The molecule has 5 heteroatoms. The summed E-state index contributed by atoms with van der Waals surface area (Å²) in [5.74, 6) is -0.230. The van der Waals surface area contributed by atoms with E-state index in [-0.39, 0.29) is 5.91 Å². The van der Waals surface area contributed by atoms with E-state index in [0.717, 1.165) is 12.0 Å². The molecule has 0 saturated carbocycles. The maximum atomic E-state index is 12.2. The molecule has 0 fully saturated rings. The van der Waals surface area contributed by atoms with Crippen LogP contribution in [-0.2, 0) is 6.42 Å². The Balaban J connectivity index is 2.03. The molecule has 1 aromatic carbocycles. The number of carbonyl (C=O) groups excluding carboxylic acids is 1. The first-order valence-corrected chi connectivity index (χ1v) is 7.60. The molecular formula is C16H17N3OS. The summed E-state index contributed by atoms with van der Waals surface area (Å²) in [6, 6.07) is 12.2. The minimum atomic E-state index is -0.886. The molecule has 0 spiro atoms. The third-order valence-electron chi connectivity index (χ3n) is 3.34. The van der Waals surface area contributed by atoms with E-state index in [0.29, 0.717) is 17.0 Å². The van der Waals surface area contributed by atoms with Gasteiger partial charge in [0.1, 0.15) is 10.4 Å². The lowest BCUT2D eigenvalue weighted by Gasteiger charge is -2.23. The van der Waals surface area contributed by atoms with Crippen molar-refractivity contribution in [3.8, 4) is 6.07 Å². The smallest absolute Gasteiger partial charge is 0.264 e. The Kier molecular flexibility index (Phi) is 4.71. The van der Waals surface area contributed by atoms with Crippen molar-refractivity contribution < 1.29 is 4.79 Å². The molecule has 1 unspecified atom stereocenters. The van der Waals surface area contributed by atoms with Gasteiger partial charge in [0.25, 0.3) is 5.91 Å². The fourth-order valence-electron chi connectivity index (χ4n) is 2.01. The first-order valence-electron chi connectivity index (χ1n) is 6.72. The quantitative estimate of drug-likeness (QED) is 0.922. The van der Waals surface area contributed by atoms with Crippen molar-refractivity contribution in [1.29, 1.82) is 5.26 Å². The van der Waals surface area contributed by atoms with Crippen molar-refractivity contribution in [1.82, 2.24) is 10.3 Å². The van der Waals surface area contributed by atoms with Gasteiger partial charge in [-0.1, -0.05) is 30.3 Å². The van der Waals surface area contributed by atoms with Crippen LogP contribution in [0.3, 0.4) is 0 Å². The van der Waals surface area contributed by atoms with Gasteiger partial charge < -0.3 is 5.32 Å². The highest BCUT2D eigenvalue weighted by atomic mass is 32.1. The van der Waals surface area contributed by atoms with Crippen LogP contribution < -0.4 is 5.32 Å². The van der Waals surface area contributed by atoms with Crippen molar-refractivity contribution in [2.24, 2.45) is 0 Å². The fourth-order valence-corrected chi connectivity index (χ4v) is 2.71. The van der Waals surface area contributed by atoms with Crippen LogP contribution in [0.2, 0.25) is 0 Å². The summed E-state index contributed by atoms with van der Waals surface area (Å²) >= 11 is 1.29. The van der Waals surface area contributed by atoms with Crippen molar-refractivity contribution in [2.45, 2.75) is 32.2 Å². The van der Waals surface area contributed by atoms with Crippen LogP contribution in [0.5, 0.6) is 0 Å². The van der Waals surface area contributed by atoms with E-state index >= 15 is 0 Å². The SMILES string of the molecule is Cc1ncsc1C(=O)NC(C)(C#N)CCc1ccccc1. The number of amides is 1. The second-order valence-corrected chi connectivity index (χ2v) is 6.01. The van der Waals surface area contributed by atoms with Crippen LogP contribution in [-0.4, -0.2) is 16.4 Å². The first-order chi connectivity index (χ1) is 10.0. The first kappa shape index (κ1) is 15.2. The Labute approximate surface area is 128 Å². The number of aromatic nitrogens is 1. The standard InChI is InChI=1S/C16H17N3OS/c1-12-14(21-11-18-12)15(20)19-16(2,10-17)9-8-13-6-4-3-5-7-13/h3-7,11H,8-9H2,1-2H3,(H,19,20). The molecule has 1 heterocycles. The van der Waals surface area contributed by atoms with Crippen LogP contribution in [0.1, 0.15) is 34.3 Å². The Morgan fingerprint density at radius 2 is 2.14 bits per heavy atom. The number of nitrogens with one attached hydrogen (secondary N) is 1. The van der Waals surface area contributed by atoms with Crippen molar-refractivity contribution in [3.63, 3.8) is 0 Å². The van der Waals surface area contributed by atoms with Gasteiger partial charge >= 0.3 is 0 Å². The zero-order valence-corrected chi connectivity index (χ0v) is 12.9. The van der Waals surface area contributed by atoms with E-state index in [2.05, 4.69) is 16.4 Å². The molecule has 0 aliphatic heterocycles. The van der Waals surface area contributed by atoms with Gasteiger partial charge in [0.05, 0.1) is 17.3 Å². The lowest BCUT2D eigenvalue weighted by atomic mass is 9.94. The second kappa shape index (κ2) is 6.51. The maximum Gasteiger partial charge on any atom is 0.264 e. The van der Waals surface area contributed by atoms with E-state index < -0.39 is 5.54 Å². The molecule has 0 saturated heterocycles. The maximum absolute atomic E-state index is 12.2. The van der Waals surface area contributed by atoms with Crippen molar-refractivity contribution >= 4 is 17.2 Å². The molecule has 0 bridgehead atoms. The molecule has 0 radical (unpaired) electrons. The lowest BCUT2D eigenvalue weighted by Crippen LogP contribution is -2.45. The summed E-state index contributed by atoms with van der Waals surface area (Å²) in [5.41, 5.74) is 2.60. The van der Waals surface area contributed by atoms with E-state index in [4.69, 9.17) is 0 Å². The van der Waals surface area contributed by atoms with Crippen LogP contribution >= 0.6 is 11.3 Å². The molecule has 2 rings (SSSR count). The lowest BCUT2D eigenvalue weighted by molar-refractivity contribution is 0.0925. The number of thiazole rings is 1. The Hall–Kier alpha value is -2.19. The summed E-state index contributed by atoms with van der Waals surface area (Å²) in [6.07, 6.45) is 1.31. The van der Waals surface area contributed by atoms with E-state index in [1.54, 1.807) is 19.4 Å². The van der Waals surface area contributed by atoms with Gasteiger partial charge in [0, 0.05) is 0 Å². The van der Waals surface area contributed by atoms with Crippen LogP contribution in [0, 0.1) is 18.3 Å². The molecule has 1 amide bonds. The highest BCUT2D eigenvalue weighted by Gasteiger charge is 2.27. The van der Waals surface area contributed by atoms with E-state index in [1.165, 1.54) is 11.3 Å². The monoisotopic (exact) mass is 299 g/mol. The zero-order valence-electron chi connectivity index (χ0n) is 12.1. The van der Waals surface area contributed by atoms with Gasteiger partial charge in [-0.3, -0.25) is 4.79 Å². The van der Waals surface area contributed by atoms with Gasteiger partial charge in [-0.05, 0) is 32.3 Å². The highest BCUT2D eigenvalue weighted by Crippen LogP contribution is 2.17. The van der Waals surface area contributed by atoms with Gasteiger partial charge in [-0.25, -0.2) is 4.98 Å². The van der Waals surface area contributed by atoms with E-state index in [1.807, 2.05) is 30.3 Å². The Morgan fingerprint density at radius 1 is 1.43 bits per heavy atom. The van der Waals surface area contributed by atoms with Gasteiger partial charge in [-0.2, -0.15) is 5.26 Å². The molecule has 0 aliphatic carbocycles. The van der Waals surface area contributed by atoms with Crippen molar-refractivity contribution in [3.05, 3.63) is 52.0 Å². The number of benzene rings is 1. The highest BCUT2D eigenvalue weighted by molar-refractivity contribution is 7.11. The second-order valence-electron chi connectivity index (χ2n) is 5.15. The Morgan fingerprint density at radius 3 is 2.71 bits per heavy atom. The largest absolute Gasteiger partial charge is 0.333 e. The molecular weight excluding hydrogens is 282 g/mol. The molecule has 108 valence electrons. The average Bonchev–Trinajstić information content (AvgIpc) is 2.92. The number of nitriles is 1. The predicted molar refractivity (Wildman–Crippen MR) is 83.1 cm³/mol. The zero-order chi connectivity index (χ0) is 15.3. The average molecular weight is 299 g/mol. The normalized spacial score (nSPS) is 13.2. The molecule has 1 atom stereocenters. The third-order valence-corrected chi connectivity index (χ3v) is 4.27. The minimum Gasteiger partial charge on any atom is -0.333 e. The number of rotatable bonds is 5. The number of hydrogen-bond acceptors (Lipinski definition) is 4. The third kappa shape index (κ3) is 3.89. The molecule has 21 heavy (non-hydrogen) atoms. The van der Waals surface area contributed by atoms with Gasteiger partial charge in [0.15, 0.2) is 0 Å². The van der Waals surface area contributed by atoms with Crippen molar-refractivity contribution in [2.75, 3.05) is 0 Å². The molecule has 2 aromatic rings. The Bertz CT molecular complexity index is 660. The molecule has 1 N–H and O–H groups in total. The van der Waals surface area contributed by atoms with E-state index in [9.17, 15) is 10.1 Å². The summed E-state index contributed by atoms with van der Waals surface area (Å²) in [5, 5.41) is 12.2. The number of aryl methyl sites for hydroxylation is 2. The summed E-state index contributed by atoms with van der Waals surface area (Å²) in [6.45, 7) is 3.54. The van der Waals surface area contributed by atoms with Gasteiger partial charge in [0.2, 0.25) is 0 Å². The molecule has 1 aromatic heterocycles. The van der Waals surface area contributed by atoms with Crippen LogP contribution in [0.15, 0.2) is 35.8 Å². The summed E-state index contributed by atoms with van der Waals surface area (Å²) in [4.78, 5) is 16.8. The summed E-state index contributed by atoms with van der Waals surface area (Å²) < 4.78 is 0.